The highest BCUT2D eigenvalue weighted by atomic mass is 19.4. The van der Waals surface area contributed by atoms with Gasteiger partial charge in [0.25, 0.3) is 11.6 Å². The molecule has 0 saturated carbocycles. The summed E-state index contributed by atoms with van der Waals surface area (Å²) in [6, 6.07) is 3.20. The van der Waals surface area contributed by atoms with Crippen molar-refractivity contribution < 1.29 is 22.9 Å². The smallest absolute Gasteiger partial charge is 0.393 e. The van der Waals surface area contributed by atoms with Crippen LogP contribution in [0.25, 0.3) is 0 Å². The monoisotopic (exact) mass is 316 g/mol. The van der Waals surface area contributed by atoms with Crippen molar-refractivity contribution in [1.29, 1.82) is 0 Å². The third-order valence-corrected chi connectivity index (χ3v) is 2.47. The number of nitro groups is 1. The van der Waals surface area contributed by atoms with E-state index in [9.17, 15) is 28.1 Å². The van der Waals surface area contributed by atoms with E-state index < -0.39 is 34.5 Å². The van der Waals surface area contributed by atoms with E-state index in [0.717, 1.165) is 12.1 Å². The highest BCUT2D eigenvalue weighted by Crippen LogP contribution is 2.26. The average Bonchev–Trinajstić information content (AvgIpc) is 2.87. The maximum atomic E-state index is 12.3. The van der Waals surface area contributed by atoms with Crippen LogP contribution < -0.4 is 11.1 Å². The van der Waals surface area contributed by atoms with Gasteiger partial charge in [-0.15, -0.1) is 5.10 Å². The van der Waals surface area contributed by atoms with E-state index in [1.165, 1.54) is 6.07 Å². The van der Waals surface area contributed by atoms with Gasteiger partial charge >= 0.3 is 6.18 Å². The highest BCUT2D eigenvalue weighted by molar-refractivity contribution is 6.04. The lowest BCUT2D eigenvalue weighted by Gasteiger charge is -2.03. The van der Waals surface area contributed by atoms with Crippen LogP contribution in [0.4, 0.5) is 30.5 Å². The molecule has 0 aliphatic heterocycles. The Kier molecular flexibility index (Phi) is 3.67. The van der Waals surface area contributed by atoms with Gasteiger partial charge in [-0.05, 0) is 12.1 Å². The summed E-state index contributed by atoms with van der Waals surface area (Å²) in [6.45, 7) is 0. The van der Waals surface area contributed by atoms with Gasteiger partial charge in [0.1, 0.15) is 5.69 Å². The number of amides is 1. The summed E-state index contributed by atoms with van der Waals surface area (Å²) in [7, 11) is 0. The number of halogens is 3. The summed E-state index contributed by atoms with van der Waals surface area (Å²) in [6.07, 6.45) is -4.74. The lowest BCUT2D eigenvalue weighted by molar-refractivity contribution is -0.383. The molecule has 1 aromatic heterocycles. The average molecular weight is 316 g/mol. The largest absolute Gasteiger partial charge is 0.451 e. The number of aromatic amines is 1. The van der Waals surface area contributed by atoms with Crippen LogP contribution in [-0.2, 0) is 6.18 Å². The fourth-order valence-electron chi connectivity index (χ4n) is 1.46. The number of nitro benzene ring substituents is 1. The molecule has 0 atom stereocenters. The van der Waals surface area contributed by atoms with E-state index >= 15 is 0 Å². The number of aromatic nitrogens is 3. The number of alkyl halides is 3. The van der Waals surface area contributed by atoms with Gasteiger partial charge < -0.3 is 5.73 Å². The van der Waals surface area contributed by atoms with E-state index in [2.05, 4.69) is 10.1 Å². The van der Waals surface area contributed by atoms with E-state index in [1.54, 1.807) is 5.10 Å². The Balaban J connectivity index is 2.21. The zero-order valence-corrected chi connectivity index (χ0v) is 10.5. The maximum absolute atomic E-state index is 12.3. The Morgan fingerprint density at radius 2 is 2.09 bits per heavy atom. The molecule has 9 nitrogen and oxygen atoms in total. The molecule has 0 unspecified atom stereocenters. The topological polar surface area (TPSA) is 140 Å². The standard InChI is InChI=1S/C10H7F3N6O3/c11-10(12,13)8-16-9(18-17-8)15-7(20)4-1-2-5(14)6(3-4)19(21)22/h1-3H,14H2,(H2,15,16,17,18,20). The Morgan fingerprint density at radius 1 is 1.41 bits per heavy atom. The number of nitrogens with one attached hydrogen (secondary N) is 2. The predicted octanol–water partition coefficient (Wildman–Crippen LogP) is 1.57. The second-order valence-corrected chi connectivity index (χ2v) is 3.99. The van der Waals surface area contributed by atoms with Crippen LogP contribution in [0.3, 0.4) is 0 Å². The zero-order valence-electron chi connectivity index (χ0n) is 10.5. The Hall–Kier alpha value is -3.18. The second-order valence-electron chi connectivity index (χ2n) is 3.99. The first kappa shape index (κ1) is 15.2. The number of rotatable bonds is 3. The molecule has 22 heavy (non-hydrogen) atoms. The number of carbonyl (C=O) groups is 1. The number of hydrogen-bond donors (Lipinski definition) is 3. The van der Waals surface area contributed by atoms with Gasteiger partial charge in [-0.1, -0.05) is 0 Å². The van der Waals surface area contributed by atoms with Gasteiger partial charge in [0.05, 0.1) is 4.92 Å². The molecule has 0 radical (unpaired) electrons. The van der Waals surface area contributed by atoms with Crippen LogP contribution in [0.5, 0.6) is 0 Å². The van der Waals surface area contributed by atoms with Crippen molar-refractivity contribution in [2.75, 3.05) is 11.1 Å². The van der Waals surface area contributed by atoms with Crippen molar-refractivity contribution in [1.82, 2.24) is 15.2 Å². The number of hydrogen-bond acceptors (Lipinski definition) is 6. The fraction of sp³-hybridized carbons (Fsp3) is 0.100. The first-order valence-electron chi connectivity index (χ1n) is 5.53. The molecule has 0 aliphatic carbocycles. The molecule has 116 valence electrons. The molecule has 2 aromatic rings. The summed E-state index contributed by atoms with van der Waals surface area (Å²) in [5.74, 6) is -2.92. The molecule has 2 rings (SSSR count). The minimum absolute atomic E-state index is 0.154. The van der Waals surface area contributed by atoms with Crippen molar-refractivity contribution >= 4 is 23.2 Å². The first-order chi connectivity index (χ1) is 10.2. The molecule has 0 aliphatic rings. The lowest BCUT2D eigenvalue weighted by atomic mass is 10.1. The van der Waals surface area contributed by atoms with Crippen molar-refractivity contribution in [3.63, 3.8) is 0 Å². The zero-order chi connectivity index (χ0) is 16.5. The van der Waals surface area contributed by atoms with Gasteiger partial charge in [0.2, 0.25) is 11.8 Å². The number of anilines is 2. The van der Waals surface area contributed by atoms with Crippen molar-refractivity contribution in [2.45, 2.75) is 6.18 Å². The van der Waals surface area contributed by atoms with Crippen LogP contribution >= 0.6 is 0 Å². The van der Waals surface area contributed by atoms with E-state index in [-0.39, 0.29) is 11.3 Å². The third kappa shape index (κ3) is 3.11. The number of benzene rings is 1. The third-order valence-electron chi connectivity index (χ3n) is 2.47. The van der Waals surface area contributed by atoms with Crippen molar-refractivity contribution in [3.8, 4) is 0 Å². The quantitative estimate of drug-likeness (QED) is 0.446. The maximum Gasteiger partial charge on any atom is 0.451 e. The van der Waals surface area contributed by atoms with E-state index in [4.69, 9.17) is 5.73 Å². The number of H-pyrrole nitrogens is 1. The molecule has 1 heterocycles. The summed E-state index contributed by atoms with van der Waals surface area (Å²) >= 11 is 0. The van der Waals surface area contributed by atoms with Crippen LogP contribution in [0.2, 0.25) is 0 Å². The second kappa shape index (κ2) is 5.31. The molecule has 1 amide bonds. The fourth-order valence-corrected chi connectivity index (χ4v) is 1.46. The Bertz CT molecular complexity index is 742. The van der Waals surface area contributed by atoms with Crippen molar-refractivity contribution in [2.24, 2.45) is 0 Å². The Morgan fingerprint density at radius 3 is 2.64 bits per heavy atom. The molecule has 0 saturated heterocycles. The Labute approximate surface area is 119 Å². The summed E-state index contributed by atoms with van der Waals surface area (Å²) in [5, 5.41) is 17.5. The van der Waals surface area contributed by atoms with Gasteiger partial charge in [-0.2, -0.15) is 18.2 Å². The number of carbonyl (C=O) groups excluding carboxylic acids is 1. The molecule has 0 spiro atoms. The van der Waals surface area contributed by atoms with Crippen molar-refractivity contribution in [3.05, 3.63) is 39.7 Å². The van der Waals surface area contributed by atoms with Gasteiger partial charge in [-0.25, -0.2) is 0 Å². The van der Waals surface area contributed by atoms with Gasteiger partial charge in [-0.3, -0.25) is 25.3 Å². The molecule has 1 aromatic carbocycles. The highest BCUT2D eigenvalue weighted by Gasteiger charge is 2.35. The van der Waals surface area contributed by atoms with Gasteiger partial charge in [0.15, 0.2) is 0 Å². The summed E-state index contributed by atoms with van der Waals surface area (Å²) in [5.41, 5.74) is 4.53. The minimum Gasteiger partial charge on any atom is -0.393 e. The normalized spacial score (nSPS) is 11.2. The van der Waals surface area contributed by atoms with Gasteiger partial charge in [0, 0.05) is 11.6 Å². The SMILES string of the molecule is Nc1ccc(C(=O)Nc2n[nH]c(C(F)(F)F)n2)cc1[N+](=O)[O-]. The van der Waals surface area contributed by atoms with E-state index in [0.29, 0.717) is 0 Å². The first-order valence-corrected chi connectivity index (χ1v) is 5.53. The van der Waals surface area contributed by atoms with Crippen LogP contribution in [0.1, 0.15) is 16.2 Å². The predicted molar refractivity (Wildman–Crippen MR) is 66.8 cm³/mol. The summed E-state index contributed by atoms with van der Waals surface area (Å²) in [4.78, 5) is 24.8. The molecule has 0 fully saturated rings. The molecular formula is C10H7F3N6O3. The van der Waals surface area contributed by atoms with Crippen LogP contribution in [0.15, 0.2) is 18.2 Å². The lowest BCUT2D eigenvalue weighted by Crippen LogP contribution is -2.14. The molecule has 0 bridgehead atoms. The minimum atomic E-state index is -4.74. The van der Waals surface area contributed by atoms with Crippen LogP contribution in [0, 0.1) is 10.1 Å². The van der Waals surface area contributed by atoms with Crippen LogP contribution in [-0.4, -0.2) is 26.0 Å². The number of nitrogens with two attached hydrogens (primary N) is 1. The molecule has 12 heteroatoms. The molecular weight excluding hydrogens is 309 g/mol. The number of nitrogen functional groups attached to an aromatic ring is 1. The summed E-state index contributed by atoms with van der Waals surface area (Å²) < 4.78 is 36.9. The number of nitrogens with zero attached hydrogens (tertiary/aromatic N) is 3. The van der Waals surface area contributed by atoms with E-state index in [1.807, 2.05) is 5.32 Å². The molecule has 4 N–H and O–H groups in total.